The van der Waals surface area contributed by atoms with E-state index in [1.807, 2.05) is 0 Å². The lowest BCUT2D eigenvalue weighted by Crippen LogP contribution is -2.26. The van der Waals surface area contributed by atoms with Gasteiger partial charge in [-0.1, -0.05) is 0 Å². The van der Waals surface area contributed by atoms with Crippen LogP contribution in [0.5, 0.6) is 0 Å². The van der Waals surface area contributed by atoms with Gasteiger partial charge < -0.3 is 4.74 Å². The van der Waals surface area contributed by atoms with Gasteiger partial charge in [0.2, 0.25) is 0 Å². The number of esters is 1. The summed E-state index contributed by atoms with van der Waals surface area (Å²) in [5.74, 6) is -0.507. The largest absolute Gasteiger partial charge is 0.460 e. The van der Waals surface area contributed by atoms with Gasteiger partial charge in [-0.3, -0.25) is 23.8 Å². The summed E-state index contributed by atoms with van der Waals surface area (Å²) in [5.41, 5.74) is -1.21. The molecule has 1 aromatic heterocycles. The molecule has 0 radical (unpaired) electrons. The van der Waals surface area contributed by atoms with E-state index in [0.29, 0.717) is 12.8 Å². The smallest absolute Gasteiger partial charge is 0.416 e. The number of aromatic nitrogens is 2. The van der Waals surface area contributed by atoms with E-state index in [9.17, 15) is 27.6 Å². The van der Waals surface area contributed by atoms with Gasteiger partial charge in [0.15, 0.2) is 0 Å². The molecular formula is C27H30F3N3O5. The Kier molecular flexibility index (Phi) is 8.61. The molecule has 3 rings (SSSR count). The van der Waals surface area contributed by atoms with Gasteiger partial charge in [0.25, 0.3) is 11.5 Å². The second-order valence-corrected chi connectivity index (χ2v) is 9.72. The van der Waals surface area contributed by atoms with Crippen LogP contribution in [0.3, 0.4) is 0 Å². The average Bonchev–Trinajstić information content (AvgIpc) is 2.84. The fourth-order valence-electron chi connectivity index (χ4n) is 3.81. The van der Waals surface area contributed by atoms with Gasteiger partial charge in [-0.05, 0) is 76.1 Å². The summed E-state index contributed by atoms with van der Waals surface area (Å²) < 4.78 is 45.8. The first-order chi connectivity index (χ1) is 17.7. The first kappa shape index (κ1) is 28.8. The number of unbranched alkanes of at least 4 members (excludes halogenated alkanes) is 1. The van der Waals surface area contributed by atoms with Gasteiger partial charge >= 0.3 is 12.1 Å². The van der Waals surface area contributed by atoms with Crippen LogP contribution in [0.4, 0.5) is 13.2 Å². The molecule has 0 fully saturated rings. The molecule has 204 valence electrons. The molecule has 0 saturated carbocycles. The highest BCUT2D eigenvalue weighted by Crippen LogP contribution is 2.30. The molecule has 0 aliphatic carbocycles. The summed E-state index contributed by atoms with van der Waals surface area (Å²) in [5, 5.41) is 1.22. The summed E-state index contributed by atoms with van der Waals surface area (Å²) in [7, 11) is 2.79. The number of hydrogen-bond donors (Lipinski definition) is 0. The number of carbonyl (C=O) groups excluding carboxylic acids is 2. The fraction of sp³-hybridized carbons (Fsp3) is 0.407. The van der Waals surface area contributed by atoms with E-state index in [0.717, 1.165) is 17.2 Å². The number of ether oxygens (including phenoxy) is 1. The second-order valence-electron chi connectivity index (χ2n) is 9.72. The number of alkyl halides is 3. The third kappa shape index (κ3) is 6.97. The standard InChI is InChI=1S/C27H30F3N3O5/c1-26(2,3)38-23(34)9-7-6-8-22-31-21-16-17(24(35)32(4)37-5)10-15-20(21)25(36)33(22)19-13-11-18(12-14-19)27(28,29)30/h10-16H,6-9H2,1-5H3. The van der Waals surface area contributed by atoms with Crippen LogP contribution in [0.15, 0.2) is 47.3 Å². The zero-order valence-electron chi connectivity index (χ0n) is 21.9. The first-order valence-electron chi connectivity index (χ1n) is 12.0. The van der Waals surface area contributed by atoms with Crippen molar-refractivity contribution in [3.63, 3.8) is 0 Å². The summed E-state index contributed by atoms with van der Waals surface area (Å²) in [6.45, 7) is 5.32. The highest BCUT2D eigenvalue weighted by molar-refractivity contribution is 5.97. The molecule has 3 aromatic rings. The number of nitrogens with zero attached hydrogens (tertiary/aromatic N) is 3. The summed E-state index contributed by atoms with van der Waals surface area (Å²) in [6, 6.07) is 8.62. The van der Waals surface area contributed by atoms with Gasteiger partial charge in [-0.25, -0.2) is 10.0 Å². The van der Waals surface area contributed by atoms with Crippen molar-refractivity contribution in [2.75, 3.05) is 14.2 Å². The molecular weight excluding hydrogens is 503 g/mol. The van der Waals surface area contributed by atoms with Crippen LogP contribution >= 0.6 is 0 Å². The molecule has 0 atom stereocenters. The molecule has 8 nitrogen and oxygen atoms in total. The maximum absolute atomic E-state index is 13.5. The van der Waals surface area contributed by atoms with Crippen LogP contribution in [0.2, 0.25) is 0 Å². The Hall–Kier alpha value is -3.73. The highest BCUT2D eigenvalue weighted by Gasteiger charge is 2.30. The molecule has 0 N–H and O–H groups in total. The van der Waals surface area contributed by atoms with E-state index in [1.54, 1.807) is 20.8 Å². The minimum atomic E-state index is -4.52. The van der Waals surface area contributed by atoms with Crippen LogP contribution in [0.1, 0.15) is 61.8 Å². The van der Waals surface area contributed by atoms with Crippen LogP contribution in [-0.2, 0) is 27.0 Å². The maximum atomic E-state index is 13.5. The molecule has 38 heavy (non-hydrogen) atoms. The SMILES string of the molecule is CON(C)C(=O)c1ccc2c(=O)n(-c3ccc(C(F)(F)F)cc3)c(CCCCC(=O)OC(C)(C)C)nc2c1. The number of benzene rings is 2. The molecule has 0 unspecified atom stereocenters. The van der Waals surface area contributed by atoms with Gasteiger partial charge in [0.1, 0.15) is 11.4 Å². The van der Waals surface area contributed by atoms with Gasteiger partial charge in [-0.2, -0.15) is 13.2 Å². The van der Waals surface area contributed by atoms with Crippen molar-refractivity contribution in [2.45, 2.75) is 58.2 Å². The molecule has 0 aliphatic heterocycles. The van der Waals surface area contributed by atoms with Crippen LogP contribution in [0.25, 0.3) is 16.6 Å². The number of hydroxylamine groups is 2. The van der Waals surface area contributed by atoms with Crippen molar-refractivity contribution < 1.29 is 32.3 Å². The predicted molar refractivity (Wildman–Crippen MR) is 135 cm³/mol. The third-order valence-electron chi connectivity index (χ3n) is 5.65. The lowest BCUT2D eigenvalue weighted by molar-refractivity contribution is -0.155. The first-order valence-corrected chi connectivity index (χ1v) is 12.0. The molecule has 1 amide bonds. The maximum Gasteiger partial charge on any atom is 0.416 e. The summed E-state index contributed by atoms with van der Waals surface area (Å²) in [4.78, 5) is 47.6. The zero-order chi connectivity index (χ0) is 28.3. The van der Waals surface area contributed by atoms with Crippen molar-refractivity contribution in [2.24, 2.45) is 0 Å². The Bertz CT molecular complexity index is 1380. The molecule has 0 bridgehead atoms. The Morgan fingerprint density at radius 3 is 2.26 bits per heavy atom. The van der Waals surface area contributed by atoms with Gasteiger partial charge in [0, 0.05) is 25.5 Å². The van der Waals surface area contributed by atoms with Crippen molar-refractivity contribution in [1.82, 2.24) is 14.6 Å². The minimum Gasteiger partial charge on any atom is -0.460 e. The van der Waals surface area contributed by atoms with Crippen molar-refractivity contribution in [3.8, 4) is 5.69 Å². The van der Waals surface area contributed by atoms with E-state index < -0.39 is 28.8 Å². The van der Waals surface area contributed by atoms with Crippen LogP contribution < -0.4 is 5.56 Å². The minimum absolute atomic E-state index is 0.164. The number of hydrogen-bond acceptors (Lipinski definition) is 6. The molecule has 0 spiro atoms. The molecule has 11 heteroatoms. The third-order valence-corrected chi connectivity index (χ3v) is 5.65. The van der Waals surface area contributed by atoms with Gasteiger partial charge in [0.05, 0.1) is 29.3 Å². The van der Waals surface area contributed by atoms with E-state index in [4.69, 9.17) is 9.57 Å². The normalized spacial score (nSPS) is 12.0. The topological polar surface area (TPSA) is 90.7 Å². The molecule has 0 aliphatic rings. The lowest BCUT2D eigenvalue weighted by atomic mass is 10.1. The number of fused-ring (bicyclic) bond motifs is 1. The van der Waals surface area contributed by atoms with E-state index in [1.165, 1.54) is 49.1 Å². The Balaban J connectivity index is 2.00. The predicted octanol–water partition coefficient (Wildman–Crippen LogP) is 5.09. The van der Waals surface area contributed by atoms with E-state index in [-0.39, 0.29) is 46.8 Å². The van der Waals surface area contributed by atoms with Crippen LogP contribution in [0, 0.1) is 0 Å². The van der Waals surface area contributed by atoms with E-state index >= 15 is 0 Å². The summed E-state index contributed by atoms with van der Waals surface area (Å²) >= 11 is 0. The number of amides is 1. The Morgan fingerprint density at radius 1 is 1.03 bits per heavy atom. The molecule has 1 heterocycles. The van der Waals surface area contributed by atoms with Crippen molar-refractivity contribution >= 4 is 22.8 Å². The lowest BCUT2D eigenvalue weighted by Gasteiger charge is -2.19. The monoisotopic (exact) mass is 533 g/mol. The molecule has 0 saturated heterocycles. The van der Waals surface area contributed by atoms with Crippen molar-refractivity contribution in [3.05, 3.63) is 69.8 Å². The fourth-order valence-corrected chi connectivity index (χ4v) is 3.81. The zero-order valence-corrected chi connectivity index (χ0v) is 21.9. The number of rotatable bonds is 8. The number of aryl methyl sites for hydroxylation is 1. The highest BCUT2D eigenvalue weighted by atomic mass is 19.4. The summed E-state index contributed by atoms with van der Waals surface area (Å²) in [6.07, 6.45) is -3.19. The Morgan fingerprint density at radius 2 is 1.68 bits per heavy atom. The number of halogens is 3. The van der Waals surface area contributed by atoms with Crippen molar-refractivity contribution in [1.29, 1.82) is 0 Å². The molecule has 2 aromatic carbocycles. The average molecular weight is 534 g/mol. The van der Waals surface area contributed by atoms with Gasteiger partial charge in [-0.15, -0.1) is 0 Å². The number of carbonyl (C=O) groups is 2. The van der Waals surface area contributed by atoms with Crippen LogP contribution in [-0.4, -0.2) is 46.2 Å². The van der Waals surface area contributed by atoms with E-state index in [2.05, 4.69) is 4.98 Å². The second kappa shape index (κ2) is 11.3. The quantitative estimate of drug-likeness (QED) is 0.228. The Labute approximate surface area is 217 Å².